The molecule has 0 spiro atoms. The molecule has 0 unspecified atom stereocenters. The molecule has 2 aliphatic rings. The van der Waals surface area contributed by atoms with Gasteiger partial charge in [0, 0.05) is 16.2 Å². The molecule has 0 aromatic rings. The topological polar surface area (TPSA) is 43.1 Å². The minimum absolute atomic E-state index is 0.0678. The van der Waals surface area contributed by atoms with Gasteiger partial charge in [-0.25, -0.2) is 4.74 Å². The number of nitrogens with zero attached hydrogens (tertiary/aromatic N) is 1. The smallest absolute Gasteiger partial charge is 0.234 e. The number of rotatable bonds is 1. The summed E-state index contributed by atoms with van der Waals surface area (Å²) >= 11 is 3.51. The number of fused-ring (bicyclic) bond motifs is 2. The molecule has 2 rings (SSSR count). The maximum absolute atomic E-state index is 12.2. The molecule has 2 aliphatic carbocycles. The van der Waals surface area contributed by atoms with Gasteiger partial charge in [-0.3, -0.25) is 4.79 Å². The highest BCUT2D eigenvalue weighted by Gasteiger charge is 2.69. The third kappa shape index (κ3) is 1.06. The van der Waals surface area contributed by atoms with Crippen LogP contribution in [0.25, 0.3) is 0 Å². The Bertz CT molecular complexity index is 362. The first-order chi connectivity index (χ1) is 6.88. The van der Waals surface area contributed by atoms with E-state index in [-0.39, 0.29) is 22.5 Å². The highest BCUT2D eigenvalue weighted by atomic mass is 79.9. The predicted molar refractivity (Wildman–Crippen MR) is 62.3 cm³/mol. The van der Waals surface area contributed by atoms with Crippen molar-refractivity contribution in [3.05, 3.63) is 5.21 Å². The van der Waals surface area contributed by atoms with Gasteiger partial charge < -0.3 is 5.21 Å². The van der Waals surface area contributed by atoms with Crippen LogP contribution in [0.15, 0.2) is 0 Å². The molecule has 0 aromatic carbocycles. The summed E-state index contributed by atoms with van der Waals surface area (Å²) < 4.78 is 0.776. The zero-order valence-corrected chi connectivity index (χ0v) is 10.9. The molecule has 2 saturated carbocycles. The maximum atomic E-state index is 12.2. The van der Waals surface area contributed by atoms with E-state index in [0.29, 0.717) is 5.71 Å². The largest absolute Gasteiger partial charge is 0.624 e. The first-order valence-electron chi connectivity index (χ1n) is 5.27. The van der Waals surface area contributed by atoms with Crippen LogP contribution in [-0.4, -0.2) is 28.6 Å². The van der Waals surface area contributed by atoms with Crippen LogP contribution in [0.3, 0.4) is 0 Å². The number of carbonyl (C=O) groups excluding carboxylic acids is 1. The van der Waals surface area contributed by atoms with E-state index in [9.17, 15) is 10.0 Å². The Balaban J connectivity index is 2.60. The standard InChI is InChI=1S/C11H16BrNO2/c1-10-5-4-7(11(10,2)6-12)8(9(10)14)13(3)15/h7H,4-6H2,1-3H3/b13-8+/t7-,10-,11+/m1/s1. The van der Waals surface area contributed by atoms with Gasteiger partial charge in [0.05, 0.1) is 5.92 Å². The minimum Gasteiger partial charge on any atom is -0.624 e. The fourth-order valence-electron chi connectivity index (χ4n) is 3.28. The second kappa shape index (κ2) is 3.06. The second-order valence-corrected chi connectivity index (χ2v) is 5.75. The van der Waals surface area contributed by atoms with Crippen molar-refractivity contribution < 1.29 is 9.53 Å². The average molecular weight is 274 g/mol. The summed E-state index contributed by atoms with van der Waals surface area (Å²) in [5.41, 5.74) is 0.0680. The number of hydrogen-bond donors (Lipinski definition) is 0. The first-order valence-corrected chi connectivity index (χ1v) is 6.39. The quantitative estimate of drug-likeness (QED) is 0.317. The molecule has 0 N–H and O–H groups in total. The first kappa shape index (κ1) is 11.1. The molecule has 0 saturated heterocycles. The molecule has 84 valence electrons. The van der Waals surface area contributed by atoms with Crippen LogP contribution in [0.2, 0.25) is 0 Å². The number of hydrogen-bond acceptors (Lipinski definition) is 2. The lowest BCUT2D eigenvalue weighted by atomic mass is 9.70. The summed E-state index contributed by atoms with van der Waals surface area (Å²) in [5, 5.41) is 12.2. The zero-order chi connectivity index (χ0) is 11.4. The maximum Gasteiger partial charge on any atom is 0.234 e. The molecular formula is C11H16BrNO2. The van der Waals surface area contributed by atoms with Crippen LogP contribution in [0.4, 0.5) is 0 Å². The van der Waals surface area contributed by atoms with Gasteiger partial charge in [-0.15, -0.1) is 0 Å². The Morgan fingerprint density at radius 3 is 2.53 bits per heavy atom. The molecule has 0 aliphatic heterocycles. The number of carbonyl (C=O) groups is 1. The van der Waals surface area contributed by atoms with E-state index < -0.39 is 0 Å². The molecule has 0 amide bonds. The Hall–Kier alpha value is -0.380. The predicted octanol–water partition coefficient (Wildman–Crippen LogP) is 1.97. The fourth-order valence-corrected chi connectivity index (χ4v) is 4.29. The van der Waals surface area contributed by atoms with Gasteiger partial charge >= 0.3 is 0 Å². The fraction of sp³-hybridized carbons (Fsp3) is 0.818. The van der Waals surface area contributed by atoms with Gasteiger partial charge in [-0.2, -0.15) is 0 Å². The third-order valence-corrected chi connectivity index (χ3v) is 5.81. The molecule has 2 fully saturated rings. The number of halogens is 1. The van der Waals surface area contributed by atoms with Crippen molar-refractivity contribution in [2.75, 3.05) is 12.4 Å². The van der Waals surface area contributed by atoms with E-state index in [1.807, 2.05) is 6.92 Å². The van der Waals surface area contributed by atoms with Gasteiger partial charge in [-0.05, 0) is 12.8 Å². The Morgan fingerprint density at radius 1 is 1.60 bits per heavy atom. The van der Waals surface area contributed by atoms with Crippen LogP contribution in [0, 0.1) is 22.0 Å². The molecule has 15 heavy (non-hydrogen) atoms. The lowest BCUT2D eigenvalue weighted by Gasteiger charge is -2.33. The van der Waals surface area contributed by atoms with Crippen LogP contribution in [-0.2, 0) is 4.79 Å². The van der Waals surface area contributed by atoms with Gasteiger partial charge in [0.25, 0.3) is 0 Å². The number of alkyl halides is 1. The Kier molecular flexibility index (Phi) is 2.27. The summed E-state index contributed by atoms with van der Waals surface area (Å²) in [6, 6.07) is 0. The minimum atomic E-state index is -0.338. The summed E-state index contributed by atoms with van der Waals surface area (Å²) in [7, 11) is 1.44. The van der Waals surface area contributed by atoms with Gasteiger partial charge in [-0.1, -0.05) is 29.8 Å². The molecule has 2 bridgehead atoms. The van der Waals surface area contributed by atoms with Crippen LogP contribution in [0.5, 0.6) is 0 Å². The van der Waals surface area contributed by atoms with Crippen molar-refractivity contribution in [3.8, 4) is 0 Å². The molecule has 3 nitrogen and oxygen atoms in total. The molecule has 4 heteroatoms. The normalized spacial score (nSPS) is 47.5. The second-order valence-electron chi connectivity index (χ2n) is 5.19. The van der Waals surface area contributed by atoms with Crippen molar-refractivity contribution in [3.63, 3.8) is 0 Å². The van der Waals surface area contributed by atoms with Crippen molar-refractivity contribution >= 4 is 27.4 Å². The van der Waals surface area contributed by atoms with Crippen molar-refractivity contribution in [2.45, 2.75) is 26.7 Å². The molecule has 0 heterocycles. The third-order valence-electron chi connectivity index (χ3n) is 4.64. The molecule has 0 aromatic heterocycles. The van der Waals surface area contributed by atoms with E-state index in [1.165, 1.54) is 7.05 Å². The molecule has 3 atom stereocenters. The molecular weight excluding hydrogens is 258 g/mol. The lowest BCUT2D eigenvalue weighted by molar-refractivity contribution is -0.424. The number of hydroxylamine groups is 1. The monoisotopic (exact) mass is 273 g/mol. The van der Waals surface area contributed by atoms with E-state index in [1.54, 1.807) is 0 Å². The Morgan fingerprint density at radius 2 is 2.20 bits per heavy atom. The number of Topliss-reactive ketones (excluding diaryl/α,β-unsaturated/α-hetero) is 1. The van der Waals surface area contributed by atoms with Gasteiger partial charge in [0.15, 0.2) is 0 Å². The van der Waals surface area contributed by atoms with E-state index in [0.717, 1.165) is 22.9 Å². The van der Waals surface area contributed by atoms with Crippen molar-refractivity contribution in [2.24, 2.45) is 16.7 Å². The van der Waals surface area contributed by atoms with Gasteiger partial charge in [0.2, 0.25) is 11.5 Å². The zero-order valence-electron chi connectivity index (χ0n) is 9.34. The van der Waals surface area contributed by atoms with E-state index in [2.05, 4.69) is 22.9 Å². The summed E-state index contributed by atoms with van der Waals surface area (Å²) in [5.74, 6) is 0.204. The van der Waals surface area contributed by atoms with Crippen molar-refractivity contribution in [1.82, 2.24) is 0 Å². The summed E-state index contributed by atoms with van der Waals surface area (Å²) in [4.78, 5) is 12.2. The van der Waals surface area contributed by atoms with E-state index >= 15 is 0 Å². The molecule has 0 radical (unpaired) electrons. The average Bonchev–Trinajstić information content (AvgIpc) is 2.51. The summed E-state index contributed by atoms with van der Waals surface area (Å²) in [6.07, 6.45) is 1.88. The SMILES string of the molecule is C/[N+]([O-])=C1\C(=O)[C@@]2(C)CC[C@H]1[C@]2(C)CBr. The van der Waals surface area contributed by atoms with Crippen LogP contribution < -0.4 is 0 Å². The highest BCUT2D eigenvalue weighted by Crippen LogP contribution is 2.63. The van der Waals surface area contributed by atoms with Gasteiger partial charge in [0.1, 0.15) is 7.05 Å². The van der Waals surface area contributed by atoms with Crippen LogP contribution in [0.1, 0.15) is 26.7 Å². The highest BCUT2D eigenvalue weighted by molar-refractivity contribution is 9.09. The lowest BCUT2D eigenvalue weighted by Crippen LogP contribution is -2.37. The van der Waals surface area contributed by atoms with Crippen LogP contribution >= 0.6 is 15.9 Å². The van der Waals surface area contributed by atoms with E-state index in [4.69, 9.17) is 0 Å². The number of ketones is 1. The summed E-state index contributed by atoms with van der Waals surface area (Å²) in [6.45, 7) is 4.13. The van der Waals surface area contributed by atoms with Crippen molar-refractivity contribution in [1.29, 1.82) is 0 Å². The Labute approximate surface area is 98.3 Å².